The molecule has 0 spiro atoms. The molecule has 3 aromatic rings. The molecule has 0 aliphatic rings. The fourth-order valence-electron chi connectivity index (χ4n) is 3.52. The van der Waals surface area contributed by atoms with Gasteiger partial charge in [0.2, 0.25) is 0 Å². The van der Waals surface area contributed by atoms with E-state index in [0.29, 0.717) is 0 Å². The van der Waals surface area contributed by atoms with Crippen LogP contribution in [0.3, 0.4) is 0 Å². The SMILES string of the molecule is CCCCCCCCCCCc1ccc2ccc3cccnc3c2n1. The first-order valence-electron chi connectivity index (χ1n) is 10.0. The molecule has 2 nitrogen and oxygen atoms in total. The zero-order valence-electron chi connectivity index (χ0n) is 15.5. The number of unbranched alkanes of at least 4 members (excludes halogenated alkanes) is 8. The van der Waals surface area contributed by atoms with Crippen molar-refractivity contribution < 1.29 is 0 Å². The van der Waals surface area contributed by atoms with E-state index in [1.54, 1.807) is 0 Å². The van der Waals surface area contributed by atoms with E-state index in [-0.39, 0.29) is 0 Å². The van der Waals surface area contributed by atoms with Crippen LogP contribution in [0.2, 0.25) is 0 Å². The summed E-state index contributed by atoms with van der Waals surface area (Å²) in [7, 11) is 0. The summed E-state index contributed by atoms with van der Waals surface area (Å²) in [6.45, 7) is 2.28. The van der Waals surface area contributed by atoms with Crippen LogP contribution in [0.4, 0.5) is 0 Å². The van der Waals surface area contributed by atoms with Crippen LogP contribution < -0.4 is 0 Å². The summed E-state index contributed by atoms with van der Waals surface area (Å²) >= 11 is 0. The zero-order chi connectivity index (χ0) is 17.3. The van der Waals surface area contributed by atoms with Gasteiger partial charge in [-0.3, -0.25) is 9.97 Å². The van der Waals surface area contributed by atoms with Gasteiger partial charge in [-0.25, -0.2) is 0 Å². The Labute approximate surface area is 151 Å². The third-order valence-electron chi connectivity index (χ3n) is 5.03. The lowest BCUT2D eigenvalue weighted by molar-refractivity contribution is 0.564. The molecular formula is C23H30N2. The first kappa shape index (κ1) is 17.8. The van der Waals surface area contributed by atoms with Crippen molar-refractivity contribution >= 4 is 21.8 Å². The van der Waals surface area contributed by atoms with Crippen LogP contribution in [0.15, 0.2) is 42.6 Å². The van der Waals surface area contributed by atoms with Crippen LogP contribution in [-0.2, 0) is 6.42 Å². The minimum atomic E-state index is 1.02. The predicted molar refractivity (Wildman–Crippen MR) is 108 cm³/mol. The first-order valence-corrected chi connectivity index (χ1v) is 10.0. The van der Waals surface area contributed by atoms with Gasteiger partial charge >= 0.3 is 0 Å². The monoisotopic (exact) mass is 334 g/mol. The number of hydrogen-bond acceptors (Lipinski definition) is 2. The normalized spacial score (nSPS) is 11.4. The Bertz CT molecular complexity index is 794. The Morgan fingerprint density at radius 1 is 0.680 bits per heavy atom. The van der Waals surface area contributed by atoms with E-state index in [2.05, 4.69) is 42.2 Å². The van der Waals surface area contributed by atoms with Crippen molar-refractivity contribution in [1.29, 1.82) is 0 Å². The number of aryl methyl sites for hydroxylation is 1. The molecule has 0 amide bonds. The Hall–Kier alpha value is -1.96. The topological polar surface area (TPSA) is 25.8 Å². The van der Waals surface area contributed by atoms with Gasteiger partial charge in [-0.2, -0.15) is 0 Å². The average molecular weight is 335 g/mol. The van der Waals surface area contributed by atoms with Gasteiger partial charge in [-0.1, -0.05) is 82.6 Å². The Morgan fingerprint density at radius 2 is 1.32 bits per heavy atom. The molecule has 0 aliphatic carbocycles. The Kier molecular flexibility index (Phi) is 6.79. The minimum Gasteiger partial charge on any atom is -0.254 e. The lowest BCUT2D eigenvalue weighted by Gasteiger charge is -2.06. The van der Waals surface area contributed by atoms with Gasteiger partial charge in [-0.05, 0) is 25.0 Å². The highest BCUT2D eigenvalue weighted by atomic mass is 14.7. The van der Waals surface area contributed by atoms with Crippen LogP contribution in [-0.4, -0.2) is 9.97 Å². The van der Waals surface area contributed by atoms with Crippen molar-refractivity contribution in [3.8, 4) is 0 Å². The molecule has 0 saturated carbocycles. The van der Waals surface area contributed by atoms with Crippen LogP contribution in [0, 0.1) is 0 Å². The van der Waals surface area contributed by atoms with E-state index >= 15 is 0 Å². The molecule has 0 atom stereocenters. The van der Waals surface area contributed by atoms with Crippen molar-refractivity contribution in [2.75, 3.05) is 0 Å². The van der Waals surface area contributed by atoms with E-state index in [9.17, 15) is 0 Å². The second kappa shape index (κ2) is 9.50. The molecule has 0 fully saturated rings. The van der Waals surface area contributed by atoms with E-state index in [4.69, 9.17) is 4.98 Å². The molecule has 2 heterocycles. The predicted octanol–water partition coefficient (Wildman–Crippen LogP) is 6.86. The second-order valence-electron chi connectivity index (χ2n) is 7.09. The molecule has 2 heteroatoms. The van der Waals surface area contributed by atoms with Crippen molar-refractivity contribution in [3.63, 3.8) is 0 Å². The van der Waals surface area contributed by atoms with E-state index < -0.39 is 0 Å². The van der Waals surface area contributed by atoms with Gasteiger partial charge in [0, 0.05) is 22.7 Å². The summed E-state index contributed by atoms with van der Waals surface area (Å²) in [5, 5.41) is 2.35. The van der Waals surface area contributed by atoms with Gasteiger partial charge in [0.15, 0.2) is 0 Å². The molecule has 0 bridgehead atoms. The molecule has 0 unspecified atom stereocenters. The Balaban J connectivity index is 1.50. The fraction of sp³-hybridized carbons (Fsp3) is 0.478. The lowest BCUT2D eigenvalue weighted by Crippen LogP contribution is -1.93. The van der Waals surface area contributed by atoms with Crippen molar-refractivity contribution in [1.82, 2.24) is 9.97 Å². The van der Waals surface area contributed by atoms with Crippen molar-refractivity contribution in [3.05, 3.63) is 48.3 Å². The van der Waals surface area contributed by atoms with Gasteiger partial charge in [0.1, 0.15) is 0 Å². The van der Waals surface area contributed by atoms with Crippen LogP contribution in [0.5, 0.6) is 0 Å². The van der Waals surface area contributed by atoms with Gasteiger partial charge in [0.05, 0.1) is 11.0 Å². The number of pyridine rings is 2. The van der Waals surface area contributed by atoms with E-state index in [0.717, 1.165) is 17.5 Å². The lowest BCUT2D eigenvalue weighted by atomic mass is 10.0. The summed E-state index contributed by atoms with van der Waals surface area (Å²) in [5.41, 5.74) is 3.27. The molecule has 0 radical (unpaired) electrons. The number of benzene rings is 1. The summed E-state index contributed by atoms with van der Waals surface area (Å²) in [4.78, 5) is 9.45. The fourth-order valence-corrected chi connectivity index (χ4v) is 3.52. The summed E-state index contributed by atoms with van der Waals surface area (Å²) in [6, 6.07) is 12.7. The van der Waals surface area contributed by atoms with E-state index in [1.807, 2.05) is 12.3 Å². The van der Waals surface area contributed by atoms with Crippen LogP contribution in [0.25, 0.3) is 21.8 Å². The van der Waals surface area contributed by atoms with Crippen LogP contribution >= 0.6 is 0 Å². The number of nitrogens with zero attached hydrogens (tertiary/aromatic N) is 2. The molecular weight excluding hydrogens is 304 g/mol. The first-order chi connectivity index (χ1) is 12.4. The summed E-state index contributed by atoms with van der Waals surface area (Å²) in [6.07, 6.45) is 15.2. The molecule has 25 heavy (non-hydrogen) atoms. The maximum Gasteiger partial charge on any atom is 0.0967 e. The number of hydrogen-bond donors (Lipinski definition) is 0. The highest BCUT2D eigenvalue weighted by Crippen LogP contribution is 2.22. The molecule has 1 aromatic carbocycles. The molecule has 0 aliphatic heterocycles. The minimum absolute atomic E-state index is 1.02. The maximum atomic E-state index is 4.91. The highest BCUT2D eigenvalue weighted by molar-refractivity contribution is 6.02. The number of aromatic nitrogens is 2. The Morgan fingerprint density at radius 3 is 2.08 bits per heavy atom. The largest absolute Gasteiger partial charge is 0.254 e. The third-order valence-corrected chi connectivity index (χ3v) is 5.03. The van der Waals surface area contributed by atoms with Gasteiger partial charge in [0.25, 0.3) is 0 Å². The zero-order valence-corrected chi connectivity index (χ0v) is 15.5. The smallest absolute Gasteiger partial charge is 0.0967 e. The molecule has 0 N–H and O–H groups in total. The van der Waals surface area contributed by atoms with Gasteiger partial charge in [-0.15, -0.1) is 0 Å². The van der Waals surface area contributed by atoms with E-state index in [1.165, 1.54) is 74.3 Å². The quantitative estimate of drug-likeness (QED) is 0.299. The molecule has 0 saturated heterocycles. The molecule has 132 valence electrons. The molecule has 3 rings (SSSR count). The number of rotatable bonds is 10. The molecule has 2 aromatic heterocycles. The standard InChI is InChI=1S/C23H30N2/c1-2-3-4-5-6-7-8-9-10-13-21-17-16-20-15-14-19-12-11-18-24-22(19)23(20)25-21/h11-12,14-18H,2-10,13H2,1H3. The summed E-state index contributed by atoms with van der Waals surface area (Å²) in [5.74, 6) is 0. The van der Waals surface area contributed by atoms with Crippen molar-refractivity contribution in [2.24, 2.45) is 0 Å². The average Bonchev–Trinajstić information content (AvgIpc) is 2.66. The third kappa shape index (κ3) is 5.01. The highest BCUT2D eigenvalue weighted by Gasteiger charge is 2.04. The maximum absolute atomic E-state index is 4.91. The number of fused-ring (bicyclic) bond motifs is 3. The van der Waals surface area contributed by atoms with Gasteiger partial charge < -0.3 is 0 Å². The summed E-state index contributed by atoms with van der Waals surface area (Å²) < 4.78 is 0. The van der Waals surface area contributed by atoms with Crippen molar-refractivity contribution in [2.45, 2.75) is 71.1 Å². The second-order valence-corrected chi connectivity index (χ2v) is 7.09. The van der Waals surface area contributed by atoms with Crippen LogP contribution in [0.1, 0.15) is 70.4 Å².